The zero-order valence-corrected chi connectivity index (χ0v) is 20.4. The number of nitrogens with zero attached hydrogens (tertiary/aromatic N) is 3. The van der Waals surface area contributed by atoms with Gasteiger partial charge < -0.3 is 4.74 Å². The fourth-order valence-electron chi connectivity index (χ4n) is 3.52. The van der Waals surface area contributed by atoms with Crippen molar-refractivity contribution in [2.75, 3.05) is 44.3 Å². The molecule has 0 radical (unpaired) electrons. The Morgan fingerprint density at radius 2 is 2.03 bits per heavy atom. The second-order valence-electron chi connectivity index (χ2n) is 7.45. The lowest BCUT2D eigenvalue weighted by Crippen LogP contribution is -2.42. The molecule has 0 saturated carbocycles. The molecule has 0 aliphatic carbocycles. The van der Waals surface area contributed by atoms with E-state index in [0.717, 1.165) is 60.2 Å². The van der Waals surface area contributed by atoms with Crippen LogP contribution in [0.25, 0.3) is 16.3 Å². The third-order valence-corrected chi connectivity index (χ3v) is 6.79. The lowest BCUT2D eigenvalue weighted by atomic mass is 10.2. The van der Waals surface area contributed by atoms with Gasteiger partial charge in [-0.2, -0.15) is 0 Å². The Bertz CT molecular complexity index is 1080. The van der Waals surface area contributed by atoms with Crippen LogP contribution in [-0.2, 0) is 16.0 Å². The van der Waals surface area contributed by atoms with Gasteiger partial charge in [0.2, 0.25) is 0 Å². The molecule has 1 saturated heterocycles. The molecule has 170 valence electrons. The van der Waals surface area contributed by atoms with Crippen molar-refractivity contribution in [3.05, 3.63) is 64.7 Å². The fourth-order valence-corrected chi connectivity index (χ4v) is 4.78. The monoisotopic (exact) mass is 491 g/mol. The maximum Gasteiger partial charge on any atom is 0.252 e. The van der Waals surface area contributed by atoms with E-state index < -0.39 is 0 Å². The number of morpholine rings is 1. The Morgan fingerprint density at radius 1 is 1.25 bits per heavy atom. The first-order valence-corrected chi connectivity index (χ1v) is 11.8. The summed E-state index contributed by atoms with van der Waals surface area (Å²) in [6.07, 6.45) is 4.34. The number of aromatic nitrogens is 1. The standard InChI is InChI=1S/C24H26ClN3O2S.ClH/c1-2-18-7-9-21-22(17-18)31-24(26-21)28(12-11-27-13-15-30-16-14-27)23(29)10-8-19-5-3-4-6-20(19)25;/h3-10,17H,2,11-16H2,1H3;1H/b10-8+;. The minimum atomic E-state index is -0.0945. The van der Waals surface area contributed by atoms with Crippen LogP contribution in [-0.4, -0.2) is 55.2 Å². The zero-order valence-electron chi connectivity index (χ0n) is 18.0. The summed E-state index contributed by atoms with van der Waals surface area (Å²) >= 11 is 7.81. The summed E-state index contributed by atoms with van der Waals surface area (Å²) < 4.78 is 6.55. The van der Waals surface area contributed by atoms with Crippen molar-refractivity contribution in [3.8, 4) is 0 Å². The Morgan fingerprint density at radius 3 is 2.78 bits per heavy atom. The van der Waals surface area contributed by atoms with E-state index >= 15 is 0 Å². The molecule has 2 heterocycles. The van der Waals surface area contributed by atoms with Crippen molar-refractivity contribution in [2.24, 2.45) is 0 Å². The summed E-state index contributed by atoms with van der Waals surface area (Å²) in [7, 11) is 0. The summed E-state index contributed by atoms with van der Waals surface area (Å²) in [6, 6.07) is 13.8. The summed E-state index contributed by atoms with van der Waals surface area (Å²) in [5.41, 5.74) is 3.02. The molecule has 1 fully saturated rings. The molecule has 1 amide bonds. The Balaban J connectivity index is 0.00000289. The van der Waals surface area contributed by atoms with Crippen molar-refractivity contribution in [2.45, 2.75) is 13.3 Å². The van der Waals surface area contributed by atoms with Gasteiger partial charge in [-0.25, -0.2) is 4.98 Å². The van der Waals surface area contributed by atoms with Gasteiger partial charge in [-0.15, -0.1) is 12.4 Å². The van der Waals surface area contributed by atoms with Crippen molar-refractivity contribution < 1.29 is 9.53 Å². The first kappa shape index (κ1) is 24.7. The van der Waals surface area contributed by atoms with Crippen LogP contribution in [0.15, 0.2) is 48.5 Å². The number of hydrogen-bond donors (Lipinski definition) is 0. The second-order valence-corrected chi connectivity index (χ2v) is 8.87. The van der Waals surface area contributed by atoms with Gasteiger partial charge in [0.1, 0.15) is 0 Å². The number of benzene rings is 2. The molecule has 0 bridgehead atoms. The second kappa shape index (κ2) is 11.8. The van der Waals surface area contributed by atoms with Crippen molar-refractivity contribution in [1.29, 1.82) is 0 Å². The fraction of sp³-hybridized carbons (Fsp3) is 0.333. The predicted molar refractivity (Wildman–Crippen MR) is 136 cm³/mol. The molecule has 32 heavy (non-hydrogen) atoms. The van der Waals surface area contributed by atoms with E-state index in [0.29, 0.717) is 11.6 Å². The lowest BCUT2D eigenvalue weighted by Gasteiger charge is -2.28. The van der Waals surface area contributed by atoms with E-state index in [1.807, 2.05) is 30.3 Å². The van der Waals surface area contributed by atoms with Gasteiger partial charge in [0.05, 0.1) is 23.4 Å². The number of anilines is 1. The van der Waals surface area contributed by atoms with Gasteiger partial charge >= 0.3 is 0 Å². The van der Waals surface area contributed by atoms with Gasteiger partial charge in [-0.1, -0.05) is 54.1 Å². The number of amides is 1. The number of thiazole rings is 1. The summed E-state index contributed by atoms with van der Waals surface area (Å²) in [5.74, 6) is -0.0945. The minimum Gasteiger partial charge on any atom is -0.379 e. The van der Waals surface area contributed by atoms with E-state index in [2.05, 4.69) is 24.0 Å². The van der Waals surface area contributed by atoms with Crippen LogP contribution >= 0.6 is 35.3 Å². The minimum absolute atomic E-state index is 0. The van der Waals surface area contributed by atoms with Gasteiger partial charge in [-0.3, -0.25) is 14.6 Å². The van der Waals surface area contributed by atoms with Crippen LogP contribution in [0.5, 0.6) is 0 Å². The number of carbonyl (C=O) groups excluding carboxylic acids is 1. The van der Waals surface area contributed by atoms with Gasteiger partial charge in [-0.05, 0) is 41.8 Å². The van der Waals surface area contributed by atoms with Crippen LogP contribution in [0.1, 0.15) is 18.1 Å². The summed E-state index contributed by atoms with van der Waals surface area (Å²) in [6.45, 7) is 6.75. The molecule has 5 nitrogen and oxygen atoms in total. The van der Waals surface area contributed by atoms with Crippen molar-refractivity contribution in [3.63, 3.8) is 0 Å². The molecular weight excluding hydrogens is 465 g/mol. The molecule has 0 spiro atoms. The Hall–Kier alpha value is -1.96. The van der Waals surface area contributed by atoms with Gasteiger partial charge in [0.25, 0.3) is 5.91 Å². The molecule has 1 aromatic heterocycles. The molecule has 8 heteroatoms. The molecular formula is C24H27Cl2N3O2S. The summed E-state index contributed by atoms with van der Waals surface area (Å²) in [4.78, 5) is 22.1. The lowest BCUT2D eigenvalue weighted by molar-refractivity contribution is -0.114. The van der Waals surface area contributed by atoms with E-state index in [4.69, 9.17) is 21.3 Å². The number of halogens is 2. The average Bonchev–Trinajstić information content (AvgIpc) is 3.22. The van der Waals surface area contributed by atoms with Crippen molar-refractivity contribution in [1.82, 2.24) is 9.88 Å². The van der Waals surface area contributed by atoms with E-state index in [1.165, 1.54) is 5.56 Å². The Labute approximate surface area is 204 Å². The van der Waals surface area contributed by atoms with Crippen LogP contribution in [0.2, 0.25) is 5.02 Å². The average molecular weight is 492 g/mol. The first-order valence-electron chi connectivity index (χ1n) is 10.6. The van der Waals surface area contributed by atoms with Crippen LogP contribution in [0, 0.1) is 0 Å². The summed E-state index contributed by atoms with van der Waals surface area (Å²) in [5, 5.41) is 1.35. The maximum atomic E-state index is 13.2. The highest BCUT2D eigenvalue weighted by molar-refractivity contribution is 7.22. The third kappa shape index (κ3) is 6.09. The molecule has 4 rings (SSSR count). The van der Waals surface area contributed by atoms with Crippen molar-refractivity contribution >= 4 is 62.7 Å². The maximum absolute atomic E-state index is 13.2. The number of fused-ring (bicyclic) bond motifs is 1. The molecule has 1 aliphatic heterocycles. The van der Waals surface area contributed by atoms with E-state index in [9.17, 15) is 4.79 Å². The predicted octanol–water partition coefficient (Wildman–Crippen LogP) is 5.31. The molecule has 0 N–H and O–H groups in total. The van der Waals surface area contributed by atoms with Crippen LogP contribution < -0.4 is 4.90 Å². The highest BCUT2D eigenvalue weighted by Crippen LogP contribution is 2.30. The normalized spacial score (nSPS) is 14.6. The zero-order chi connectivity index (χ0) is 21.6. The van der Waals surface area contributed by atoms with Gasteiger partial charge in [0.15, 0.2) is 5.13 Å². The third-order valence-electron chi connectivity index (χ3n) is 5.40. The number of aryl methyl sites for hydroxylation is 1. The molecule has 2 aromatic carbocycles. The quantitative estimate of drug-likeness (QED) is 0.420. The highest BCUT2D eigenvalue weighted by atomic mass is 35.5. The van der Waals surface area contributed by atoms with E-state index in [-0.39, 0.29) is 18.3 Å². The SMILES string of the molecule is CCc1ccc2nc(N(CCN3CCOCC3)C(=O)/C=C/c3ccccc3Cl)sc2c1.Cl. The number of rotatable bonds is 7. The highest BCUT2D eigenvalue weighted by Gasteiger charge is 2.20. The van der Waals surface area contributed by atoms with E-state index in [1.54, 1.807) is 28.4 Å². The molecule has 3 aromatic rings. The smallest absolute Gasteiger partial charge is 0.252 e. The number of ether oxygens (including phenoxy) is 1. The molecule has 0 unspecified atom stereocenters. The Kier molecular flexibility index (Phi) is 9.08. The van der Waals surface area contributed by atoms with Gasteiger partial charge in [0, 0.05) is 37.3 Å². The first-order chi connectivity index (χ1) is 15.1. The molecule has 1 aliphatic rings. The molecule has 0 atom stereocenters. The van der Waals surface area contributed by atoms with Crippen LogP contribution in [0.3, 0.4) is 0 Å². The largest absolute Gasteiger partial charge is 0.379 e. The topological polar surface area (TPSA) is 45.7 Å². The van der Waals surface area contributed by atoms with Crippen LogP contribution in [0.4, 0.5) is 5.13 Å². The number of carbonyl (C=O) groups is 1. The number of hydrogen-bond acceptors (Lipinski definition) is 5.